The molecule has 0 bridgehead atoms. The van der Waals surface area contributed by atoms with Crippen LogP contribution in [-0.4, -0.2) is 62.4 Å². The van der Waals surface area contributed by atoms with Crippen molar-refractivity contribution >= 4 is 21.8 Å². The topological polar surface area (TPSA) is 95.6 Å². The third kappa shape index (κ3) is 2.49. The lowest BCUT2D eigenvalue weighted by molar-refractivity contribution is -0.130. The first kappa shape index (κ1) is 13.3. The van der Waals surface area contributed by atoms with Crippen molar-refractivity contribution in [3.05, 3.63) is 0 Å². The normalized spacial score (nSPS) is 28.2. The summed E-state index contributed by atoms with van der Waals surface area (Å²) in [4.78, 5) is 25.0. The number of amides is 3. The van der Waals surface area contributed by atoms with Gasteiger partial charge in [-0.25, -0.2) is 13.2 Å². The van der Waals surface area contributed by atoms with Gasteiger partial charge in [0.1, 0.15) is 15.4 Å². The van der Waals surface area contributed by atoms with Gasteiger partial charge in [-0.2, -0.15) is 0 Å². The van der Waals surface area contributed by atoms with Crippen molar-refractivity contribution in [3.8, 4) is 0 Å². The second kappa shape index (κ2) is 4.51. The molecule has 0 saturated carbocycles. The van der Waals surface area contributed by atoms with Crippen LogP contribution in [0.25, 0.3) is 0 Å². The molecule has 2 heterocycles. The Morgan fingerprint density at radius 2 is 2.11 bits per heavy atom. The monoisotopic (exact) mass is 275 g/mol. The van der Waals surface area contributed by atoms with E-state index in [0.29, 0.717) is 19.5 Å². The van der Waals surface area contributed by atoms with Crippen LogP contribution in [0.2, 0.25) is 0 Å². The van der Waals surface area contributed by atoms with Crippen LogP contribution in [0.1, 0.15) is 12.8 Å². The fraction of sp³-hybridized carbons (Fsp3) is 0.800. The van der Waals surface area contributed by atoms with E-state index in [1.807, 2.05) is 0 Å². The van der Waals surface area contributed by atoms with E-state index < -0.39 is 21.4 Å². The van der Waals surface area contributed by atoms with Crippen LogP contribution < -0.4 is 10.6 Å². The van der Waals surface area contributed by atoms with Gasteiger partial charge in [-0.15, -0.1) is 0 Å². The van der Waals surface area contributed by atoms with Gasteiger partial charge in [0.15, 0.2) is 0 Å². The molecule has 3 amide bonds. The lowest BCUT2D eigenvalue weighted by atomic mass is 9.99. The summed E-state index contributed by atoms with van der Waals surface area (Å²) in [5.41, 5.74) is -0.803. The number of nitrogens with one attached hydrogen (secondary N) is 2. The van der Waals surface area contributed by atoms with Crippen molar-refractivity contribution in [2.24, 2.45) is 0 Å². The summed E-state index contributed by atoms with van der Waals surface area (Å²) in [6, 6.07) is -0.419. The van der Waals surface area contributed by atoms with Crippen LogP contribution in [0.15, 0.2) is 0 Å². The molecule has 18 heavy (non-hydrogen) atoms. The number of carbonyl (C=O) groups is 2. The Kier molecular flexibility index (Phi) is 3.33. The van der Waals surface area contributed by atoms with E-state index in [1.54, 1.807) is 0 Å². The zero-order chi connectivity index (χ0) is 13.4. The third-order valence-electron chi connectivity index (χ3n) is 3.30. The van der Waals surface area contributed by atoms with Gasteiger partial charge < -0.3 is 10.6 Å². The van der Waals surface area contributed by atoms with Crippen LogP contribution in [0.4, 0.5) is 4.79 Å². The highest BCUT2D eigenvalue weighted by Gasteiger charge is 2.52. The molecule has 2 saturated heterocycles. The summed E-state index contributed by atoms with van der Waals surface area (Å²) in [5, 5.41) is 5.75. The van der Waals surface area contributed by atoms with E-state index in [0.717, 1.165) is 11.2 Å². The standard InChI is InChI=1S/C10H17N3O4S/c1-18(16,17)6-2-5-13-8(14)10(12-9(13)15)3-4-11-7-10/h11H,2-7H2,1H3,(H,12,15). The smallest absolute Gasteiger partial charge is 0.322 e. The number of urea groups is 1. The molecule has 2 aliphatic rings. The minimum absolute atomic E-state index is 0.0185. The van der Waals surface area contributed by atoms with Crippen LogP contribution in [0, 0.1) is 0 Å². The molecule has 0 aromatic rings. The Labute approximate surface area is 106 Å². The van der Waals surface area contributed by atoms with Gasteiger partial charge in [0.05, 0.1) is 5.75 Å². The van der Waals surface area contributed by atoms with Crippen molar-refractivity contribution in [3.63, 3.8) is 0 Å². The van der Waals surface area contributed by atoms with Crippen molar-refractivity contribution in [2.75, 3.05) is 31.6 Å². The average Bonchev–Trinajstić information content (AvgIpc) is 2.78. The molecule has 2 aliphatic heterocycles. The Hall–Kier alpha value is -1.15. The van der Waals surface area contributed by atoms with Gasteiger partial charge in [0.2, 0.25) is 0 Å². The first-order valence-corrected chi connectivity index (χ1v) is 7.93. The van der Waals surface area contributed by atoms with Crippen molar-refractivity contribution in [1.29, 1.82) is 0 Å². The molecule has 0 aliphatic carbocycles. The quantitative estimate of drug-likeness (QED) is 0.622. The first-order chi connectivity index (χ1) is 8.34. The zero-order valence-electron chi connectivity index (χ0n) is 10.2. The molecule has 0 aromatic carbocycles. The first-order valence-electron chi connectivity index (χ1n) is 5.87. The molecule has 1 atom stereocenters. The van der Waals surface area contributed by atoms with E-state index in [1.165, 1.54) is 0 Å². The number of carbonyl (C=O) groups excluding carboxylic acids is 2. The molecular weight excluding hydrogens is 258 g/mol. The van der Waals surface area contributed by atoms with E-state index in [9.17, 15) is 18.0 Å². The van der Waals surface area contributed by atoms with E-state index >= 15 is 0 Å². The summed E-state index contributed by atoms with van der Waals surface area (Å²) in [5.74, 6) is -0.263. The van der Waals surface area contributed by atoms with Gasteiger partial charge in [0, 0.05) is 19.3 Å². The van der Waals surface area contributed by atoms with Crippen molar-refractivity contribution in [2.45, 2.75) is 18.4 Å². The lowest BCUT2D eigenvalue weighted by Crippen LogP contribution is -2.48. The van der Waals surface area contributed by atoms with Gasteiger partial charge in [0.25, 0.3) is 5.91 Å². The van der Waals surface area contributed by atoms with Crippen LogP contribution in [0.3, 0.4) is 0 Å². The van der Waals surface area contributed by atoms with Crippen LogP contribution in [-0.2, 0) is 14.6 Å². The number of hydrogen-bond acceptors (Lipinski definition) is 5. The number of hydrogen-bond donors (Lipinski definition) is 2. The SMILES string of the molecule is CS(=O)(=O)CCCN1C(=O)NC2(CCNC2)C1=O. The molecule has 1 unspecified atom stereocenters. The highest BCUT2D eigenvalue weighted by Crippen LogP contribution is 2.24. The predicted molar refractivity (Wildman–Crippen MR) is 64.8 cm³/mol. The van der Waals surface area contributed by atoms with Crippen molar-refractivity contribution in [1.82, 2.24) is 15.5 Å². The molecule has 2 fully saturated rings. The van der Waals surface area contributed by atoms with Gasteiger partial charge in [-0.05, 0) is 19.4 Å². The minimum atomic E-state index is -3.06. The Bertz CT molecular complexity index is 468. The molecule has 1 spiro atoms. The maximum Gasteiger partial charge on any atom is 0.325 e. The zero-order valence-corrected chi connectivity index (χ0v) is 11.0. The summed E-state index contributed by atoms with van der Waals surface area (Å²) in [6.07, 6.45) is 2.00. The van der Waals surface area contributed by atoms with E-state index in [4.69, 9.17) is 0 Å². The predicted octanol–water partition coefficient (Wildman–Crippen LogP) is -1.29. The maximum absolute atomic E-state index is 12.1. The summed E-state index contributed by atoms with van der Waals surface area (Å²) in [7, 11) is -3.06. The largest absolute Gasteiger partial charge is 0.325 e. The lowest BCUT2D eigenvalue weighted by Gasteiger charge is -2.19. The van der Waals surface area contributed by atoms with Gasteiger partial charge in [-0.1, -0.05) is 0 Å². The Morgan fingerprint density at radius 3 is 2.67 bits per heavy atom. The number of sulfone groups is 1. The second-order valence-corrected chi connectivity index (χ2v) is 7.14. The molecule has 102 valence electrons. The number of imide groups is 1. The van der Waals surface area contributed by atoms with E-state index in [-0.39, 0.29) is 24.6 Å². The molecule has 0 radical (unpaired) electrons. The van der Waals surface area contributed by atoms with Crippen LogP contribution in [0.5, 0.6) is 0 Å². The molecular formula is C10H17N3O4S. The summed E-state index contributed by atoms with van der Waals surface area (Å²) in [6.45, 7) is 1.29. The molecule has 2 N–H and O–H groups in total. The van der Waals surface area contributed by atoms with E-state index in [2.05, 4.69) is 10.6 Å². The maximum atomic E-state index is 12.1. The fourth-order valence-corrected chi connectivity index (χ4v) is 3.00. The van der Waals surface area contributed by atoms with Gasteiger partial charge >= 0.3 is 6.03 Å². The Morgan fingerprint density at radius 1 is 1.39 bits per heavy atom. The molecule has 2 rings (SSSR count). The molecule has 0 aromatic heterocycles. The second-order valence-electron chi connectivity index (χ2n) is 4.88. The number of rotatable bonds is 4. The highest BCUT2D eigenvalue weighted by molar-refractivity contribution is 7.90. The van der Waals surface area contributed by atoms with Crippen molar-refractivity contribution < 1.29 is 18.0 Å². The number of nitrogens with zero attached hydrogens (tertiary/aromatic N) is 1. The molecule has 7 nitrogen and oxygen atoms in total. The molecule has 8 heteroatoms. The Balaban J connectivity index is 1.97. The van der Waals surface area contributed by atoms with Crippen LogP contribution >= 0.6 is 0 Å². The summed E-state index contributed by atoms with van der Waals surface area (Å²) >= 11 is 0. The third-order valence-corrected chi connectivity index (χ3v) is 4.33. The highest BCUT2D eigenvalue weighted by atomic mass is 32.2. The fourth-order valence-electron chi connectivity index (χ4n) is 2.35. The minimum Gasteiger partial charge on any atom is -0.322 e. The van der Waals surface area contributed by atoms with Gasteiger partial charge in [-0.3, -0.25) is 9.69 Å². The summed E-state index contributed by atoms with van der Waals surface area (Å²) < 4.78 is 22.0. The average molecular weight is 275 g/mol.